The van der Waals surface area contributed by atoms with Gasteiger partial charge in [-0.1, -0.05) is 11.6 Å². The largest absolute Gasteiger partial charge is 0.448 e. The Hall–Kier alpha value is -2.05. The fourth-order valence-corrected chi connectivity index (χ4v) is 3.84. The average molecular weight is 349 g/mol. The molecule has 138 valence electrons. The van der Waals surface area contributed by atoms with Crippen molar-refractivity contribution in [2.24, 2.45) is 5.41 Å². The first-order valence-electron chi connectivity index (χ1n) is 8.99. The minimum Gasteiger partial charge on any atom is -0.448 e. The maximum absolute atomic E-state index is 12.4. The summed E-state index contributed by atoms with van der Waals surface area (Å²) in [5.74, 6) is 0.191. The molecule has 25 heavy (non-hydrogen) atoms. The molecule has 3 aliphatic heterocycles. The van der Waals surface area contributed by atoms with E-state index >= 15 is 0 Å². The second-order valence-corrected chi connectivity index (χ2v) is 7.65. The van der Waals surface area contributed by atoms with Crippen LogP contribution in [0.5, 0.6) is 0 Å². The fraction of sp³-hybridized carbons (Fsp3) is 0.722. The molecule has 3 aliphatic rings. The first kappa shape index (κ1) is 17.8. The third-order valence-electron chi connectivity index (χ3n) is 5.47. The molecule has 3 fully saturated rings. The molecule has 0 aliphatic carbocycles. The number of nitrogens with zero attached hydrogens (tertiary/aromatic N) is 3. The van der Waals surface area contributed by atoms with Crippen LogP contribution in [-0.4, -0.2) is 78.5 Å². The van der Waals surface area contributed by atoms with Gasteiger partial charge in [-0.3, -0.25) is 14.5 Å². The van der Waals surface area contributed by atoms with Crippen molar-refractivity contribution in [2.45, 2.75) is 33.1 Å². The summed E-state index contributed by atoms with van der Waals surface area (Å²) >= 11 is 0. The van der Waals surface area contributed by atoms with Crippen LogP contribution in [-0.2, 0) is 14.3 Å². The van der Waals surface area contributed by atoms with E-state index in [9.17, 15) is 14.4 Å². The summed E-state index contributed by atoms with van der Waals surface area (Å²) in [6.07, 6.45) is 3.97. The van der Waals surface area contributed by atoms with Gasteiger partial charge >= 0.3 is 6.09 Å². The topological polar surface area (TPSA) is 70.2 Å². The van der Waals surface area contributed by atoms with Gasteiger partial charge in [-0.25, -0.2) is 4.79 Å². The number of likely N-dealkylation sites (tertiary alicyclic amines) is 2. The summed E-state index contributed by atoms with van der Waals surface area (Å²) in [6, 6.07) is 0. The third-order valence-corrected chi connectivity index (χ3v) is 5.47. The lowest BCUT2D eigenvalue weighted by atomic mass is 9.77. The molecule has 0 aromatic heterocycles. The number of allylic oxidation sites excluding steroid dienone is 1. The van der Waals surface area contributed by atoms with E-state index in [1.54, 1.807) is 0 Å². The summed E-state index contributed by atoms with van der Waals surface area (Å²) < 4.78 is 4.86. The molecule has 0 aromatic rings. The first-order chi connectivity index (χ1) is 11.9. The van der Waals surface area contributed by atoms with Crippen LogP contribution in [0.2, 0.25) is 0 Å². The molecule has 0 saturated carbocycles. The first-order valence-corrected chi connectivity index (χ1v) is 8.99. The van der Waals surface area contributed by atoms with E-state index in [0.29, 0.717) is 39.2 Å². The number of hydrogen-bond acceptors (Lipinski definition) is 4. The second-order valence-electron chi connectivity index (χ2n) is 7.65. The molecule has 0 unspecified atom stereocenters. The highest BCUT2D eigenvalue weighted by Gasteiger charge is 2.45. The predicted octanol–water partition coefficient (Wildman–Crippen LogP) is 1.25. The number of piperidine rings is 1. The Morgan fingerprint density at radius 1 is 1.16 bits per heavy atom. The lowest BCUT2D eigenvalue weighted by Gasteiger charge is -2.39. The van der Waals surface area contributed by atoms with Crippen molar-refractivity contribution in [3.05, 3.63) is 11.6 Å². The molecule has 3 rings (SSSR count). The average Bonchev–Trinajstić information content (AvgIpc) is 3.10. The fourth-order valence-electron chi connectivity index (χ4n) is 3.84. The van der Waals surface area contributed by atoms with Crippen molar-refractivity contribution >= 4 is 17.9 Å². The van der Waals surface area contributed by atoms with Gasteiger partial charge in [-0.15, -0.1) is 0 Å². The molecule has 0 bridgehead atoms. The van der Waals surface area contributed by atoms with E-state index in [1.807, 2.05) is 23.6 Å². The Morgan fingerprint density at radius 3 is 2.48 bits per heavy atom. The molecule has 7 nitrogen and oxygen atoms in total. The summed E-state index contributed by atoms with van der Waals surface area (Å²) in [5, 5.41) is 0. The Bertz CT molecular complexity index is 589. The standard InChI is InChI=1S/C18H27N3O4/c1-14(2)3-6-21-13-18(11-15(21)22)4-7-19(8-5-18)16(23)12-20-9-10-25-17(20)24/h3H,4-13H2,1-2H3. The van der Waals surface area contributed by atoms with Crippen molar-refractivity contribution in [1.82, 2.24) is 14.7 Å². The molecule has 0 radical (unpaired) electrons. The van der Waals surface area contributed by atoms with Gasteiger partial charge in [0.15, 0.2) is 0 Å². The molecular formula is C18H27N3O4. The zero-order chi connectivity index (χ0) is 18.0. The molecule has 3 saturated heterocycles. The number of rotatable bonds is 4. The van der Waals surface area contributed by atoms with Crippen LogP contribution in [0.25, 0.3) is 0 Å². The summed E-state index contributed by atoms with van der Waals surface area (Å²) in [6.45, 7) is 7.80. The number of hydrogen-bond donors (Lipinski definition) is 0. The van der Waals surface area contributed by atoms with Crippen LogP contribution in [0.3, 0.4) is 0 Å². The molecule has 3 amide bonds. The quantitative estimate of drug-likeness (QED) is 0.716. The Labute approximate surface area is 148 Å². The van der Waals surface area contributed by atoms with Gasteiger partial charge < -0.3 is 14.5 Å². The van der Waals surface area contributed by atoms with Crippen molar-refractivity contribution in [1.29, 1.82) is 0 Å². The van der Waals surface area contributed by atoms with Crippen LogP contribution >= 0.6 is 0 Å². The van der Waals surface area contributed by atoms with Gasteiger partial charge in [0.25, 0.3) is 0 Å². The minimum atomic E-state index is -0.405. The van der Waals surface area contributed by atoms with Gasteiger partial charge in [-0.05, 0) is 26.7 Å². The SMILES string of the molecule is CC(C)=CCN1CC2(CCN(C(=O)CN3CCOC3=O)CC2)CC1=O. The molecule has 7 heteroatoms. The highest BCUT2D eigenvalue weighted by molar-refractivity contribution is 5.83. The maximum Gasteiger partial charge on any atom is 0.410 e. The summed E-state index contributed by atoms with van der Waals surface area (Å²) in [4.78, 5) is 41.4. The van der Waals surface area contributed by atoms with Crippen LogP contribution in [0.1, 0.15) is 33.1 Å². The number of amides is 3. The summed E-state index contributed by atoms with van der Waals surface area (Å²) in [7, 11) is 0. The zero-order valence-corrected chi connectivity index (χ0v) is 15.1. The third kappa shape index (κ3) is 3.96. The van der Waals surface area contributed by atoms with Gasteiger partial charge in [0.05, 0.1) is 6.54 Å². The van der Waals surface area contributed by atoms with E-state index in [4.69, 9.17) is 4.74 Å². The Morgan fingerprint density at radius 2 is 1.88 bits per heavy atom. The molecule has 0 atom stereocenters. The van der Waals surface area contributed by atoms with Gasteiger partial charge in [-0.2, -0.15) is 0 Å². The molecular weight excluding hydrogens is 322 g/mol. The van der Waals surface area contributed by atoms with Gasteiger partial charge in [0.2, 0.25) is 11.8 Å². The van der Waals surface area contributed by atoms with Crippen LogP contribution in [0.4, 0.5) is 4.79 Å². The van der Waals surface area contributed by atoms with E-state index in [1.165, 1.54) is 10.5 Å². The molecule has 3 heterocycles. The second kappa shape index (κ2) is 7.06. The smallest absolute Gasteiger partial charge is 0.410 e. The van der Waals surface area contributed by atoms with Crippen LogP contribution in [0, 0.1) is 5.41 Å². The van der Waals surface area contributed by atoms with E-state index < -0.39 is 6.09 Å². The zero-order valence-electron chi connectivity index (χ0n) is 15.1. The Balaban J connectivity index is 1.51. The van der Waals surface area contributed by atoms with Gasteiger partial charge in [0.1, 0.15) is 13.2 Å². The lowest BCUT2D eigenvalue weighted by molar-refractivity contribution is -0.133. The summed E-state index contributed by atoms with van der Waals surface area (Å²) in [5.41, 5.74) is 1.23. The number of carbonyl (C=O) groups excluding carboxylic acids is 3. The molecule has 0 N–H and O–H groups in total. The lowest BCUT2D eigenvalue weighted by Crippen LogP contribution is -2.47. The maximum atomic E-state index is 12.4. The predicted molar refractivity (Wildman–Crippen MR) is 91.8 cm³/mol. The van der Waals surface area contributed by atoms with E-state index in [0.717, 1.165) is 19.4 Å². The van der Waals surface area contributed by atoms with Gasteiger partial charge in [0, 0.05) is 38.0 Å². The van der Waals surface area contributed by atoms with Crippen molar-refractivity contribution in [3.8, 4) is 0 Å². The minimum absolute atomic E-state index is 0.00985. The van der Waals surface area contributed by atoms with Crippen LogP contribution in [0.15, 0.2) is 11.6 Å². The monoisotopic (exact) mass is 349 g/mol. The number of cyclic esters (lactones) is 1. The highest BCUT2D eigenvalue weighted by atomic mass is 16.6. The Kier molecular flexibility index (Phi) is 5.01. The van der Waals surface area contributed by atoms with Crippen molar-refractivity contribution in [2.75, 3.05) is 45.9 Å². The highest BCUT2D eigenvalue weighted by Crippen LogP contribution is 2.41. The molecule has 1 spiro atoms. The number of carbonyl (C=O) groups is 3. The number of ether oxygens (including phenoxy) is 1. The van der Waals surface area contributed by atoms with E-state index in [2.05, 4.69) is 6.08 Å². The van der Waals surface area contributed by atoms with Crippen molar-refractivity contribution < 1.29 is 19.1 Å². The normalized spacial score (nSPS) is 22.6. The van der Waals surface area contributed by atoms with Crippen LogP contribution < -0.4 is 0 Å². The van der Waals surface area contributed by atoms with E-state index in [-0.39, 0.29) is 23.8 Å². The molecule has 0 aromatic carbocycles. The van der Waals surface area contributed by atoms with Crippen molar-refractivity contribution in [3.63, 3.8) is 0 Å².